The summed E-state index contributed by atoms with van der Waals surface area (Å²) in [5.74, 6) is 0.917. The van der Waals surface area contributed by atoms with Gasteiger partial charge in [0.1, 0.15) is 17.6 Å². The van der Waals surface area contributed by atoms with E-state index >= 15 is 0 Å². The molecule has 2 aliphatic carbocycles. The number of thiazole rings is 1. The van der Waals surface area contributed by atoms with Crippen molar-refractivity contribution >= 4 is 17.2 Å². The van der Waals surface area contributed by atoms with Crippen molar-refractivity contribution in [3.05, 3.63) is 11.1 Å². The van der Waals surface area contributed by atoms with Gasteiger partial charge in [-0.2, -0.15) is 0 Å². The van der Waals surface area contributed by atoms with Gasteiger partial charge in [0.25, 0.3) is 11.1 Å². The van der Waals surface area contributed by atoms with E-state index in [1.165, 1.54) is 56.3 Å². The lowest BCUT2D eigenvalue weighted by Gasteiger charge is -2.26. The van der Waals surface area contributed by atoms with Gasteiger partial charge in [-0.15, -0.1) is 0 Å². The molecular weight excluding hydrogens is 386 g/mol. The first-order valence-corrected chi connectivity index (χ1v) is 11.9. The molecule has 1 aromatic heterocycles. The van der Waals surface area contributed by atoms with Gasteiger partial charge in [-0.3, -0.25) is 4.79 Å². The maximum atomic E-state index is 12.3. The molecule has 1 amide bonds. The van der Waals surface area contributed by atoms with Gasteiger partial charge in [-0.1, -0.05) is 17.8 Å². The monoisotopic (exact) mass is 423 g/mol. The number of aromatic nitrogens is 1. The summed E-state index contributed by atoms with van der Waals surface area (Å²) in [6.45, 7) is 7.45. The van der Waals surface area contributed by atoms with Gasteiger partial charge in [0.15, 0.2) is 0 Å². The van der Waals surface area contributed by atoms with Crippen molar-refractivity contribution in [2.45, 2.75) is 83.8 Å². The van der Waals surface area contributed by atoms with Gasteiger partial charge < -0.3 is 20.5 Å². The van der Waals surface area contributed by atoms with Crippen LogP contribution in [0.4, 0.5) is 0 Å². The third kappa shape index (κ3) is 6.93. The summed E-state index contributed by atoms with van der Waals surface area (Å²) in [6, 6.07) is 0. The van der Waals surface area contributed by atoms with Crippen LogP contribution in [-0.2, 0) is 0 Å². The average Bonchev–Trinajstić information content (AvgIpc) is 3.39. The van der Waals surface area contributed by atoms with E-state index in [2.05, 4.69) is 15.6 Å². The third-order valence-corrected chi connectivity index (χ3v) is 7.19. The number of carbonyl (C=O) groups excluding carboxylic acids is 1. The molecule has 1 atom stereocenters. The predicted molar refractivity (Wildman–Crippen MR) is 117 cm³/mol. The number of unbranched alkanes of at least 4 members (excludes halogenated alkanes) is 1. The smallest absolute Gasteiger partial charge is 0.273 e. The SMILES string of the molecule is CC(C)(C)NCC(O)COc1ncc(C(=O)NCCCCC23CCC(CC2)C3)s1. The zero-order valence-electron chi connectivity index (χ0n) is 18.1. The van der Waals surface area contributed by atoms with Crippen LogP contribution in [0, 0.1) is 11.3 Å². The fourth-order valence-corrected chi connectivity index (χ4v) is 5.35. The Kier molecular flexibility index (Phi) is 7.57. The maximum absolute atomic E-state index is 12.3. The number of nitrogens with one attached hydrogen (secondary N) is 2. The number of fused-ring (bicyclic) bond motifs is 2. The zero-order chi connectivity index (χ0) is 20.9. The molecule has 29 heavy (non-hydrogen) atoms. The number of hydrogen-bond donors (Lipinski definition) is 3. The standard InChI is InChI=1S/C22H37N3O3S/c1-21(2,3)25-13-17(26)15-28-20-24-14-18(29-20)19(27)23-11-5-4-8-22-9-6-16(12-22)7-10-22/h14,16-17,25-26H,4-13,15H2,1-3H3,(H,23,27). The van der Waals surface area contributed by atoms with Crippen LogP contribution in [0.5, 0.6) is 5.19 Å². The number of amides is 1. The van der Waals surface area contributed by atoms with Crippen molar-refractivity contribution in [3.63, 3.8) is 0 Å². The van der Waals surface area contributed by atoms with Gasteiger partial charge in [0, 0.05) is 18.6 Å². The van der Waals surface area contributed by atoms with E-state index in [1.54, 1.807) is 6.20 Å². The van der Waals surface area contributed by atoms with Crippen molar-refractivity contribution < 1.29 is 14.6 Å². The van der Waals surface area contributed by atoms with Crippen molar-refractivity contribution in [2.24, 2.45) is 11.3 Å². The van der Waals surface area contributed by atoms with Crippen LogP contribution in [0.1, 0.15) is 81.8 Å². The molecule has 2 fully saturated rings. The first-order valence-electron chi connectivity index (χ1n) is 11.0. The third-order valence-electron chi connectivity index (χ3n) is 6.28. The predicted octanol–water partition coefficient (Wildman–Crippen LogP) is 3.75. The lowest BCUT2D eigenvalue weighted by atomic mass is 9.80. The molecule has 0 aromatic carbocycles. The topological polar surface area (TPSA) is 83.5 Å². The second-order valence-corrected chi connectivity index (χ2v) is 10.9. The molecule has 0 saturated heterocycles. The summed E-state index contributed by atoms with van der Waals surface area (Å²) in [4.78, 5) is 17.0. The second kappa shape index (κ2) is 9.75. The Labute approximate surface area is 178 Å². The number of carbonyl (C=O) groups is 1. The number of rotatable bonds is 11. The van der Waals surface area contributed by atoms with E-state index in [-0.39, 0.29) is 18.1 Å². The second-order valence-electron chi connectivity index (χ2n) is 9.95. The summed E-state index contributed by atoms with van der Waals surface area (Å²) in [5.41, 5.74) is 0.593. The lowest BCUT2D eigenvalue weighted by molar-refractivity contribution is 0.0956. The lowest BCUT2D eigenvalue weighted by Crippen LogP contribution is -2.42. The van der Waals surface area contributed by atoms with Crippen LogP contribution >= 0.6 is 11.3 Å². The molecular formula is C22H37N3O3S. The highest BCUT2D eigenvalue weighted by Crippen LogP contribution is 2.56. The molecule has 2 bridgehead atoms. The molecule has 0 spiro atoms. The van der Waals surface area contributed by atoms with E-state index < -0.39 is 6.10 Å². The van der Waals surface area contributed by atoms with Crippen LogP contribution in [0.15, 0.2) is 6.20 Å². The fraction of sp³-hybridized carbons (Fsp3) is 0.818. The first kappa shape index (κ1) is 22.5. The number of β-amino-alcohol motifs (C(OH)–C–C–N with tert-alkyl or cyclic N) is 1. The molecule has 2 aliphatic rings. The van der Waals surface area contributed by atoms with Crippen LogP contribution < -0.4 is 15.4 Å². The van der Waals surface area contributed by atoms with Crippen molar-refractivity contribution in [3.8, 4) is 5.19 Å². The molecule has 3 rings (SSSR count). The highest BCUT2D eigenvalue weighted by molar-refractivity contribution is 7.15. The Balaban J connectivity index is 1.29. The van der Waals surface area contributed by atoms with Crippen molar-refractivity contribution in [2.75, 3.05) is 19.7 Å². The van der Waals surface area contributed by atoms with Gasteiger partial charge in [-0.25, -0.2) is 4.98 Å². The molecule has 6 nitrogen and oxygen atoms in total. The Hall–Kier alpha value is -1.18. The largest absolute Gasteiger partial charge is 0.467 e. The Morgan fingerprint density at radius 3 is 2.79 bits per heavy atom. The quantitative estimate of drug-likeness (QED) is 0.472. The van der Waals surface area contributed by atoms with Crippen LogP contribution in [-0.4, -0.2) is 47.3 Å². The van der Waals surface area contributed by atoms with E-state index in [0.29, 0.717) is 28.6 Å². The maximum Gasteiger partial charge on any atom is 0.273 e. The van der Waals surface area contributed by atoms with Gasteiger partial charge in [0.05, 0.1) is 6.20 Å². The molecule has 1 unspecified atom stereocenters. The minimum atomic E-state index is -0.620. The summed E-state index contributed by atoms with van der Waals surface area (Å²) in [6.07, 6.45) is 11.7. The molecule has 0 aliphatic heterocycles. The Morgan fingerprint density at radius 2 is 2.14 bits per heavy atom. The summed E-state index contributed by atoms with van der Waals surface area (Å²) in [7, 11) is 0. The molecule has 3 N–H and O–H groups in total. The Bertz CT molecular complexity index is 663. The van der Waals surface area contributed by atoms with E-state index in [0.717, 1.165) is 12.3 Å². The number of hydrogen-bond acceptors (Lipinski definition) is 6. The highest BCUT2D eigenvalue weighted by atomic mass is 32.1. The van der Waals surface area contributed by atoms with E-state index in [9.17, 15) is 9.90 Å². The minimum Gasteiger partial charge on any atom is -0.467 e. The average molecular weight is 424 g/mol. The molecule has 1 heterocycles. The summed E-state index contributed by atoms with van der Waals surface area (Å²) in [5, 5.41) is 16.6. The molecule has 7 heteroatoms. The number of aliphatic hydroxyl groups is 1. The Morgan fingerprint density at radius 1 is 1.38 bits per heavy atom. The van der Waals surface area contributed by atoms with Gasteiger partial charge in [-0.05, 0) is 77.0 Å². The molecule has 0 radical (unpaired) electrons. The van der Waals surface area contributed by atoms with Crippen LogP contribution in [0.25, 0.3) is 0 Å². The number of aliphatic hydroxyl groups excluding tert-OH is 1. The van der Waals surface area contributed by atoms with Crippen LogP contribution in [0.2, 0.25) is 0 Å². The zero-order valence-corrected chi connectivity index (χ0v) is 18.9. The number of ether oxygens (including phenoxy) is 1. The van der Waals surface area contributed by atoms with E-state index in [4.69, 9.17) is 4.74 Å². The molecule has 1 aromatic rings. The highest BCUT2D eigenvalue weighted by Gasteiger charge is 2.43. The minimum absolute atomic E-state index is 0.0519. The van der Waals surface area contributed by atoms with Gasteiger partial charge >= 0.3 is 0 Å². The van der Waals surface area contributed by atoms with Gasteiger partial charge in [0.2, 0.25) is 0 Å². The van der Waals surface area contributed by atoms with Crippen molar-refractivity contribution in [1.29, 1.82) is 0 Å². The summed E-state index contributed by atoms with van der Waals surface area (Å²) < 4.78 is 5.53. The summed E-state index contributed by atoms with van der Waals surface area (Å²) >= 11 is 1.22. The molecule has 2 saturated carbocycles. The molecule has 164 valence electrons. The number of nitrogens with zero attached hydrogens (tertiary/aromatic N) is 1. The van der Waals surface area contributed by atoms with Crippen LogP contribution in [0.3, 0.4) is 0 Å². The van der Waals surface area contributed by atoms with E-state index in [1.807, 2.05) is 20.8 Å². The normalized spacial score (nSPS) is 24.6. The first-order chi connectivity index (χ1) is 13.7. The fourth-order valence-electron chi connectivity index (χ4n) is 4.66. The van der Waals surface area contributed by atoms with Crippen molar-refractivity contribution in [1.82, 2.24) is 15.6 Å².